The number of H-pyrrole nitrogens is 1. The second-order valence-corrected chi connectivity index (χ2v) is 8.09. The van der Waals surface area contributed by atoms with E-state index in [4.69, 9.17) is 10.3 Å². The molecule has 0 spiro atoms. The highest BCUT2D eigenvalue weighted by molar-refractivity contribution is 5.84. The molecule has 4 aromatic heterocycles. The Labute approximate surface area is 191 Å². The quantitative estimate of drug-likeness (QED) is 0.369. The van der Waals surface area contributed by atoms with E-state index in [0.29, 0.717) is 41.8 Å². The molecular weight excluding hydrogens is 445 g/mol. The highest BCUT2D eigenvalue weighted by Gasteiger charge is 2.31. The van der Waals surface area contributed by atoms with Gasteiger partial charge in [0.15, 0.2) is 0 Å². The molecular formula is C22H20FN7O4. The first-order valence-electron chi connectivity index (χ1n) is 10.6. The number of rotatable bonds is 5. The zero-order valence-corrected chi connectivity index (χ0v) is 17.8. The summed E-state index contributed by atoms with van der Waals surface area (Å²) in [6.07, 6.45) is 3.84. The first kappa shape index (κ1) is 21.6. The number of fused-ring (bicyclic) bond motifs is 1. The lowest BCUT2D eigenvalue weighted by atomic mass is 9.83. The zero-order chi connectivity index (χ0) is 23.8. The van der Waals surface area contributed by atoms with Gasteiger partial charge in [-0.15, -0.1) is 0 Å². The summed E-state index contributed by atoms with van der Waals surface area (Å²) in [6.45, 7) is 0. The minimum Gasteiger partial charge on any atom is -0.506 e. The van der Waals surface area contributed by atoms with E-state index in [1.165, 1.54) is 29.2 Å². The second kappa shape index (κ2) is 8.63. The Balaban J connectivity index is 1.32. The molecule has 1 aliphatic rings. The molecule has 0 aromatic carbocycles. The van der Waals surface area contributed by atoms with Gasteiger partial charge < -0.3 is 15.4 Å². The molecule has 0 aliphatic heterocycles. The van der Waals surface area contributed by atoms with Crippen LogP contribution in [0, 0.1) is 5.95 Å². The zero-order valence-electron chi connectivity index (χ0n) is 17.8. The topological polar surface area (TPSA) is 166 Å². The van der Waals surface area contributed by atoms with Crippen LogP contribution in [-0.4, -0.2) is 46.9 Å². The fraction of sp³-hybridized carbons (Fsp3) is 0.273. The summed E-state index contributed by atoms with van der Waals surface area (Å²) in [5.74, 6) is -0.956. The Hall–Kier alpha value is -4.19. The van der Waals surface area contributed by atoms with Gasteiger partial charge >= 0.3 is 0 Å². The van der Waals surface area contributed by atoms with Crippen molar-refractivity contribution in [3.05, 3.63) is 75.7 Å². The Bertz CT molecular complexity index is 1410. The molecule has 0 amide bonds. The highest BCUT2D eigenvalue weighted by atomic mass is 19.1. The van der Waals surface area contributed by atoms with Crippen LogP contribution in [0.1, 0.15) is 39.8 Å². The maximum absolute atomic E-state index is 14.1. The number of carbonyl (C=O) groups excluding carboxylic acids is 1. The molecule has 174 valence electrons. The number of nitrogens with zero attached hydrogens (tertiary/aromatic N) is 5. The Morgan fingerprint density at radius 3 is 2.97 bits per heavy atom. The van der Waals surface area contributed by atoms with Crippen LogP contribution in [0.2, 0.25) is 0 Å². The Morgan fingerprint density at radius 2 is 2.21 bits per heavy atom. The molecule has 0 fully saturated rings. The van der Waals surface area contributed by atoms with Crippen LogP contribution in [0.25, 0.3) is 11.5 Å². The van der Waals surface area contributed by atoms with Gasteiger partial charge in [-0.3, -0.25) is 14.7 Å². The maximum Gasteiger partial charge on any atom is 0.267 e. The average molecular weight is 465 g/mol. The molecule has 4 aromatic rings. The molecule has 4 heterocycles. The summed E-state index contributed by atoms with van der Waals surface area (Å²) in [7, 11) is 0. The van der Waals surface area contributed by atoms with Gasteiger partial charge in [0.1, 0.15) is 11.4 Å². The van der Waals surface area contributed by atoms with Crippen LogP contribution in [-0.2, 0) is 19.3 Å². The molecule has 11 nitrogen and oxygen atoms in total. The van der Waals surface area contributed by atoms with Crippen molar-refractivity contribution < 1.29 is 18.8 Å². The number of nitrogens with two attached hydrogens (primary N) is 1. The van der Waals surface area contributed by atoms with Gasteiger partial charge in [0.25, 0.3) is 11.5 Å². The molecule has 0 bridgehead atoms. The number of hydrogen-bond acceptors (Lipinski definition) is 9. The molecule has 1 aliphatic carbocycles. The van der Waals surface area contributed by atoms with E-state index < -0.39 is 23.5 Å². The smallest absolute Gasteiger partial charge is 0.267 e. The van der Waals surface area contributed by atoms with Gasteiger partial charge in [-0.05, 0) is 43.4 Å². The van der Waals surface area contributed by atoms with Gasteiger partial charge in [-0.2, -0.15) is 9.37 Å². The Morgan fingerprint density at radius 1 is 1.35 bits per heavy atom. The molecule has 0 saturated heterocycles. The number of aromatic nitrogens is 6. The van der Waals surface area contributed by atoms with E-state index in [-0.39, 0.29) is 29.8 Å². The third-order valence-corrected chi connectivity index (χ3v) is 5.89. The molecule has 2 atom stereocenters. The van der Waals surface area contributed by atoms with Gasteiger partial charge in [-0.1, -0.05) is 11.2 Å². The lowest BCUT2D eigenvalue weighted by Gasteiger charge is -2.23. The Kier molecular flexibility index (Phi) is 5.49. The molecule has 4 N–H and O–H groups in total. The normalized spacial score (nSPS) is 16.2. The summed E-state index contributed by atoms with van der Waals surface area (Å²) in [4.78, 5) is 37.5. The monoisotopic (exact) mass is 465 g/mol. The fourth-order valence-electron chi connectivity index (χ4n) is 4.19. The molecule has 2 unspecified atom stereocenters. The lowest BCUT2D eigenvalue weighted by molar-refractivity contribution is 0.0853. The number of pyridine rings is 2. The van der Waals surface area contributed by atoms with Crippen molar-refractivity contribution in [3.8, 4) is 17.3 Å². The first-order valence-corrected chi connectivity index (χ1v) is 10.6. The molecule has 0 radical (unpaired) electrons. The van der Waals surface area contributed by atoms with E-state index in [2.05, 4.69) is 25.2 Å². The third-order valence-electron chi connectivity index (χ3n) is 5.89. The van der Waals surface area contributed by atoms with Gasteiger partial charge in [0, 0.05) is 17.3 Å². The van der Waals surface area contributed by atoms with Crippen LogP contribution < -0.4 is 11.3 Å². The lowest BCUT2D eigenvalue weighted by Crippen LogP contribution is -2.38. The number of nitrogens with one attached hydrogen (secondary N) is 1. The van der Waals surface area contributed by atoms with Crippen molar-refractivity contribution in [3.63, 3.8) is 0 Å². The summed E-state index contributed by atoms with van der Waals surface area (Å²) in [5, 5.41) is 15.7. The van der Waals surface area contributed by atoms with Crippen LogP contribution in [0.3, 0.4) is 0 Å². The number of aromatic amines is 1. The van der Waals surface area contributed by atoms with Crippen molar-refractivity contribution >= 4 is 5.91 Å². The molecule has 0 saturated carbocycles. The fourth-order valence-corrected chi connectivity index (χ4v) is 4.19. The first-order chi connectivity index (χ1) is 16.4. The molecule has 12 heteroatoms. The van der Waals surface area contributed by atoms with E-state index in [1.807, 2.05) is 0 Å². The van der Waals surface area contributed by atoms with Crippen LogP contribution in [0.15, 0.2) is 46.0 Å². The van der Waals surface area contributed by atoms with Crippen molar-refractivity contribution in [2.24, 2.45) is 5.73 Å². The third kappa shape index (κ3) is 3.99. The minimum atomic E-state index is -1.05. The van der Waals surface area contributed by atoms with E-state index in [9.17, 15) is 19.1 Å². The maximum atomic E-state index is 14.1. The summed E-state index contributed by atoms with van der Waals surface area (Å²) >= 11 is 0. The predicted molar refractivity (Wildman–Crippen MR) is 116 cm³/mol. The van der Waals surface area contributed by atoms with E-state index in [1.54, 1.807) is 12.1 Å². The van der Waals surface area contributed by atoms with Gasteiger partial charge in [0.05, 0.1) is 24.4 Å². The summed E-state index contributed by atoms with van der Waals surface area (Å²) in [6, 6.07) is 5.23. The molecule has 34 heavy (non-hydrogen) atoms. The van der Waals surface area contributed by atoms with Crippen LogP contribution >= 0.6 is 0 Å². The van der Waals surface area contributed by atoms with Crippen molar-refractivity contribution in [2.75, 3.05) is 0 Å². The number of carbonyl (C=O) groups is 1. The SMILES string of the molecule is NC(Cc1nc(-c2ccc(O)cn2)no1)C(=O)n1[nH]c(=O)c2c1CCC(c1cccnc1F)C2. The van der Waals surface area contributed by atoms with Crippen molar-refractivity contribution in [1.29, 1.82) is 0 Å². The molecule has 5 rings (SSSR count). The van der Waals surface area contributed by atoms with Crippen LogP contribution in [0.4, 0.5) is 4.39 Å². The van der Waals surface area contributed by atoms with E-state index in [0.717, 1.165) is 0 Å². The summed E-state index contributed by atoms with van der Waals surface area (Å²) < 4.78 is 20.5. The van der Waals surface area contributed by atoms with Gasteiger partial charge in [0.2, 0.25) is 17.7 Å². The van der Waals surface area contributed by atoms with Crippen LogP contribution in [0.5, 0.6) is 5.75 Å². The average Bonchev–Trinajstić information content (AvgIpc) is 3.43. The second-order valence-electron chi connectivity index (χ2n) is 8.09. The van der Waals surface area contributed by atoms with Gasteiger partial charge in [-0.25, -0.2) is 14.6 Å². The van der Waals surface area contributed by atoms with Crippen molar-refractivity contribution in [1.82, 2.24) is 29.9 Å². The summed E-state index contributed by atoms with van der Waals surface area (Å²) in [5.41, 5.74) is 7.54. The standard InChI is InChI=1S/C22H20FN7O4/c23-19-13(2-1-7-25-19)11-3-6-17-14(8-11)21(32)28-30(17)22(33)15(24)9-18-27-20(29-34-18)16-5-4-12(31)10-26-16/h1-2,4-5,7,10-11,15,31H,3,6,8-9,24H2,(H,28,32). The minimum absolute atomic E-state index is 0.000949. The number of aromatic hydroxyl groups is 1. The highest BCUT2D eigenvalue weighted by Crippen LogP contribution is 2.32. The largest absolute Gasteiger partial charge is 0.506 e. The number of hydrogen-bond donors (Lipinski definition) is 3. The van der Waals surface area contributed by atoms with Crippen molar-refractivity contribution in [2.45, 2.75) is 37.6 Å². The number of halogens is 1. The van der Waals surface area contributed by atoms with E-state index >= 15 is 0 Å². The predicted octanol–water partition coefficient (Wildman–Crippen LogP) is 1.34.